The van der Waals surface area contributed by atoms with Crippen molar-refractivity contribution in [1.29, 1.82) is 0 Å². The van der Waals surface area contributed by atoms with Crippen molar-refractivity contribution in [2.24, 2.45) is 5.92 Å². The normalized spacial score (nSPS) is 33.2. The number of ether oxygens (including phenoxy) is 5. The molecule has 3 aliphatic heterocycles. The Balaban J connectivity index is 1.80. The fourth-order valence-electron chi connectivity index (χ4n) is 6.27. The maximum atomic E-state index is 14.0. The van der Waals surface area contributed by atoms with Crippen LogP contribution in [0.25, 0.3) is 0 Å². The zero-order chi connectivity index (χ0) is 35.7. The Hall–Kier alpha value is -3.65. The molecule has 2 fully saturated rings. The van der Waals surface area contributed by atoms with Crippen molar-refractivity contribution in [1.82, 2.24) is 10.2 Å². The van der Waals surface area contributed by atoms with Crippen molar-refractivity contribution in [3.63, 3.8) is 0 Å². The molecule has 0 saturated carbocycles. The van der Waals surface area contributed by atoms with E-state index in [2.05, 4.69) is 5.32 Å². The number of benzene rings is 1. The number of carbonyl (C=O) groups is 4. The summed E-state index contributed by atoms with van der Waals surface area (Å²) in [5.41, 5.74) is -0.871. The lowest BCUT2D eigenvalue weighted by Gasteiger charge is -2.42. The molecule has 2 saturated heterocycles. The standard InChI is InChI=1S/C34H46ClN3O10/c1-18-11-10-12-26(45-9)34(43)17-25(46-32(42)36-34)19(2)30-33(5,48-30)27(47-31(41)20(3)37(6)21(4)39)16-28(40)38(7)23-14-22(13-18)15-24(44-8)29(23)35/h10-12,14-15,19-20,25-27,30,43H,13,16-17H2,1-9H3,(H,36,42)/b12-10+,18-11+/t19-,20?,25+,26-,27+,30+,33+,34+/m1/s1. The molecular formula is C34H46ClN3O10. The second-order valence-electron chi connectivity index (χ2n) is 13.0. The SMILES string of the molecule is COc1cc2cc(c1Cl)N(C)C(=O)C[C@H](OC(=O)C(C)N(C)C(C)=O)[C@]1(C)O[C@H]1[C@H](C)[C@@H]1C[C@@](O)(NC(=O)O1)[C@H](OC)/C=C/C=C(\C)C2. The van der Waals surface area contributed by atoms with Gasteiger partial charge in [0, 0.05) is 40.5 Å². The number of rotatable bonds is 5. The molecule has 13 nitrogen and oxygen atoms in total. The van der Waals surface area contributed by atoms with Crippen LogP contribution in [0.3, 0.4) is 0 Å². The minimum absolute atomic E-state index is 0.0436. The third-order valence-corrected chi connectivity index (χ3v) is 10.0. The second-order valence-corrected chi connectivity index (χ2v) is 13.4. The topological polar surface area (TPSA) is 156 Å². The average Bonchev–Trinajstić information content (AvgIpc) is 3.73. The van der Waals surface area contributed by atoms with Gasteiger partial charge in [0.15, 0.2) is 5.72 Å². The Morgan fingerprint density at radius 2 is 1.94 bits per heavy atom. The van der Waals surface area contributed by atoms with Gasteiger partial charge in [0.05, 0.1) is 25.3 Å². The summed E-state index contributed by atoms with van der Waals surface area (Å²) in [7, 11) is 5.97. The Labute approximate surface area is 286 Å². The molecule has 3 heterocycles. The fraction of sp³-hybridized carbons (Fsp3) is 0.588. The highest BCUT2D eigenvalue weighted by molar-refractivity contribution is 6.35. The molecule has 1 aromatic rings. The summed E-state index contributed by atoms with van der Waals surface area (Å²) in [6, 6.07) is 2.63. The molecule has 4 bridgehead atoms. The first kappa shape index (κ1) is 37.2. The number of hydrogen-bond acceptors (Lipinski definition) is 10. The molecule has 1 aromatic carbocycles. The monoisotopic (exact) mass is 691 g/mol. The number of allylic oxidation sites excluding steroid dienone is 3. The first-order valence-corrected chi connectivity index (χ1v) is 16.2. The Morgan fingerprint density at radius 3 is 2.56 bits per heavy atom. The number of alkyl carbamates (subject to hydrolysis) is 1. The molecule has 3 amide bonds. The van der Waals surface area contributed by atoms with E-state index in [0.717, 1.165) is 11.1 Å². The maximum absolute atomic E-state index is 14.0. The molecule has 2 N–H and O–H groups in total. The van der Waals surface area contributed by atoms with Gasteiger partial charge in [-0.3, -0.25) is 14.9 Å². The number of aliphatic hydroxyl groups is 1. The van der Waals surface area contributed by atoms with Crippen LogP contribution < -0.4 is 15.0 Å². The molecule has 0 radical (unpaired) electrons. The van der Waals surface area contributed by atoms with E-state index in [0.29, 0.717) is 17.9 Å². The number of likely N-dealkylation sites (N-methyl/N-ethyl adjacent to an activating group) is 1. The van der Waals surface area contributed by atoms with E-state index < -0.39 is 65.7 Å². The quantitative estimate of drug-likeness (QED) is 0.346. The van der Waals surface area contributed by atoms with Crippen molar-refractivity contribution in [2.75, 3.05) is 33.2 Å². The van der Waals surface area contributed by atoms with Crippen molar-refractivity contribution < 1.29 is 48.0 Å². The summed E-state index contributed by atoms with van der Waals surface area (Å²) in [6.45, 7) is 8.29. The Morgan fingerprint density at radius 1 is 1.25 bits per heavy atom. The second kappa shape index (κ2) is 14.5. The number of esters is 1. The molecule has 48 heavy (non-hydrogen) atoms. The van der Waals surface area contributed by atoms with E-state index in [1.54, 1.807) is 45.2 Å². The number of hydrogen-bond donors (Lipinski definition) is 2. The minimum Gasteiger partial charge on any atom is -0.495 e. The highest BCUT2D eigenvalue weighted by Gasteiger charge is 2.64. The molecule has 0 spiro atoms. The van der Waals surface area contributed by atoms with E-state index in [9.17, 15) is 24.3 Å². The Bertz CT molecular complexity index is 1500. The lowest BCUT2D eigenvalue weighted by atomic mass is 9.83. The van der Waals surface area contributed by atoms with Crippen LogP contribution in [-0.4, -0.2) is 104 Å². The summed E-state index contributed by atoms with van der Waals surface area (Å²) in [5.74, 6) is -1.63. The number of anilines is 1. The van der Waals surface area contributed by atoms with Gasteiger partial charge < -0.3 is 38.6 Å². The number of nitrogens with one attached hydrogen (secondary N) is 1. The number of methoxy groups -OCH3 is 2. The number of amides is 3. The van der Waals surface area contributed by atoms with Gasteiger partial charge in [-0.15, -0.1) is 0 Å². The van der Waals surface area contributed by atoms with Gasteiger partial charge in [0.1, 0.15) is 40.7 Å². The zero-order valence-corrected chi connectivity index (χ0v) is 29.6. The highest BCUT2D eigenvalue weighted by atomic mass is 35.5. The number of epoxide rings is 1. The third kappa shape index (κ3) is 7.64. The van der Waals surface area contributed by atoms with Crippen LogP contribution in [0.5, 0.6) is 5.75 Å². The largest absolute Gasteiger partial charge is 0.495 e. The molecule has 3 aliphatic rings. The number of halogens is 1. The highest BCUT2D eigenvalue weighted by Crippen LogP contribution is 2.49. The molecule has 14 heteroatoms. The van der Waals surface area contributed by atoms with E-state index in [1.807, 2.05) is 13.0 Å². The van der Waals surface area contributed by atoms with Crippen LogP contribution in [0.2, 0.25) is 5.02 Å². The number of nitrogens with zero attached hydrogens (tertiary/aromatic N) is 2. The first-order valence-electron chi connectivity index (χ1n) is 15.8. The molecular weight excluding hydrogens is 646 g/mol. The van der Waals surface area contributed by atoms with Crippen LogP contribution in [-0.2, 0) is 39.8 Å². The first-order chi connectivity index (χ1) is 22.4. The zero-order valence-electron chi connectivity index (χ0n) is 28.9. The van der Waals surface area contributed by atoms with Crippen molar-refractivity contribution in [2.45, 2.75) is 95.7 Å². The lowest BCUT2D eigenvalue weighted by Crippen LogP contribution is -2.63. The summed E-state index contributed by atoms with van der Waals surface area (Å²) >= 11 is 6.71. The van der Waals surface area contributed by atoms with Crippen LogP contribution in [0.1, 0.15) is 53.0 Å². The predicted octanol–water partition coefficient (Wildman–Crippen LogP) is 3.53. The summed E-state index contributed by atoms with van der Waals surface area (Å²) < 4.78 is 28.9. The van der Waals surface area contributed by atoms with Crippen LogP contribution >= 0.6 is 11.6 Å². The molecule has 0 aromatic heterocycles. The lowest BCUT2D eigenvalue weighted by molar-refractivity contribution is -0.161. The molecule has 0 aliphatic carbocycles. The molecule has 264 valence electrons. The molecule has 1 unspecified atom stereocenters. The van der Waals surface area contributed by atoms with E-state index in [1.165, 1.54) is 44.9 Å². The van der Waals surface area contributed by atoms with Gasteiger partial charge in [-0.2, -0.15) is 0 Å². The molecule has 8 atom stereocenters. The molecule has 4 rings (SSSR count). The maximum Gasteiger partial charge on any atom is 0.409 e. The van der Waals surface area contributed by atoms with Gasteiger partial charge in [-0.1, -0.05) is 42.3 Å². The van der Waals surface area contributed by atoms with E-state index in [4.69, 9.17) is 35.3 Å². The smallest absolute Gasteiger partial charge is 0.409 e. The van der Waals surface area contributed by atoms with Gasteiger partial charge in [-0.25, -0.2) is 9.59 Å². The average molecular weight is 692 g/mol. The summed E-state index contributed by atoms with van der Waals surface area (Å²) in [6.07, 6.45) is 1.02. The number of fused-ring (bicyclic) bond motifs is 5. The van der Waals surface area contributed by atoms with Crippen molar-refractivity contribution >= 4 is 41.2 Å². The number of carbonyl (C=O) groups excluding carboxylic acids is 4. The minimum atomic E-state index is -1.81. The summed E-state index contributed by atoms with van der Waals surface area (Å²) in [4.78, 5) is 54.7. The van der Waals surface area contributed by atoms with Crippen molar-refractivity contribution in [3.8, 4) is 5.75 Å². The van der Waals surface area contributed by atoms with Crippen molar-refractivity contribution in [3.05, 3.63) is 46.5 Å². The van der Waals surface area contributed by atoms with Gasteiger partial charge in [0.25, 0.3) is 0 Å². The van der Waals surface area contributed by atoms with Crippen LogP contribution in [0.4, 0.5) is 10.5 Å². The van der Waals surface area contributed by atoms with Crippen LogP contribution in [0.15, 0.2) is 35.9 Å². The summed E-state index contributed by atoms with van der Waals surface area (Å²) in [5, 5.41) is 14.4. The van der Waals surface area contributed by atoms with E-state index >= 15 is 0 Å². The van der Waals surface area contributed by atoms with Gasteiger partial charge in [-0.05, 0) is 44.9 Å². The van der Waals surface area contributed by atoms with Gasteiger partial charge in [0.2, 0.25) is 11.8 Å². The van der Waals surface area contributed by atoms with Crippen LogP contribution in [0, 0.1) is 5.92 Å². The van der Waals surface area contributed by atoms with Gasteiger partial charge >= 0.3 is 12.1 Å². The third-order valence-electron chi connectivity index (χ3n) is 9.63. The van der Waals surface area contributed by atoms with E-state index in [-0.39, 0.29) is 23.8 Å². The predicted molar refractivity (Wildman–Crippen MR) is 177 cm³/mol. The Kier molecular flexibility index (Phi) is 11.2. The fourth-order valence-corrected chi connectivity index (χ4v) is 6.59.